The van der Waals surface area contributed by atoms with Crippen LogP contribution in [0.1, 0.15) is 12.0 Å². The Morgan fingerprint density at radius 2 is 1.35 bits per heavy atom. The smallest absolute Gasteiger partial charge is 0.104 e. The molecule has 0 aliphatic heterocycles. The fourth-order valence-corrected chi connectivity index (χ4v) is 2.10. The van der Waals surface area contributed by atoms with Crippen molar-refractivity contribution in [3.63, 3.8) is 0 Å². The van der Waals surface area contributed by atoms with Crippen LogP contribution in [0.25, 0.3) is 0 Å². The Kier molecular flexibility index (Phi) is 4.92. The number of benzene rings is 2. The SMILES string of the molecule is N#CC1(c2ccccc2)C=CC=CC1.c1ccccc1. The molecule has 0 aromatic heterocycles. The highest BCUT2D eigenvalue weighted by Crippen LogP contribution is 2.31. The highest BCUT2D eigenvalue weighted by atomic mass is 14.4. The lowest BCUT2D eigenvalue weighted by atomic mass is 9.77. The molecule has 98 valence electrons. The predicted octanol–water partition coefficient (Wildman–Crippen LogP) is 4.65. The van der Waals surface area contributed by atoms with Crippen molar-refractivity contribution in [2.45, 2.75) is 11.8 Å². The number of hydrogen-bond acceptors (Lipinski definition) is 1. The van der Waals surface area contributed by atoms with Gasteiger partial charge < -0.3 is 0 Å². The first-order valence-corrected chi connectivity index (χ1v) is 6.68. The van der Waals surface area contributed by atoms with Crippen molar-refractivity contribution >= 4 is 0 Å². The van der Waals surface area contributed by atoms with Gasteiger partial charge in [0.25, 0.3) is 0 Å². The summed E-state index contributed by atoms with van der Waals surface area (Å²) < 4.78 is 0. The summed E-state index contributed by atoms with van der Waals surface area (Å²) >= 11 is 0. The Bertz CT molecular complexity index is 579. The predicted molar refractivity (Wildman–Crippen MR) is 83.1 cm³/mol. The topological polar surface area (TPSA) is 23.8 Å². The molecule has 0 radical (unpaired) electrons. The Morgan fingerprint density at radius 1 is 0.800 bits per heavy atom. The number of nitriles is 1. The molecule has 1 heteroatoms. The van der Waals surface area contributed by atoms with Gasteiger partial charge in [-0.1, -0.05) is 91.0 Å². The lowest BCUT2D eigenvalue weighted by Crippen LogP contribution is -2.21. The molecule has 0 bridgehead atoms. The average Bonchev–Trinajstić information content (AvgIpc) is 2.58. The van der Waals surface area contributed by atoms with Gasteiger partial charge in [0.05, 0.1) is 6.07 Å². The van der Waals surface area contributed by atoms with E-state index in [4.69, 9.17) is 0 Å². The summed E-state index contributed by atoms with van der Waals surface area (Å²) in [6.07, 6.45) is 8.71. The van der Waals surface area contributed by atoms with Crippen LogP contribution in [0.2, 0.25) is 0 Å². The first kappa shape index (κ1) is 13.8. The van der Waals surface area contributed by atoms with Gasteiger partial charge in [0, 0.05) is 0 Å². The van der Waals surface area contributed by atoms with Gasteiger partial charge in [0.15, 0.2) is 0 Å². The fraction of sp³-hybridized carbons (Fsp3) is 0.105. The summed E-state index contributed by atoms with van der Waals surface area (Å²) in [6.45, 7) is 0. The summed E-state index contributed by atoms with van der Waals surface area (Å²) in [7, 11) is 0. The van der Waals surface area contributed by atoms with Crippen LogP contribution in [0, 0.1) is 11.3 Å². The molecule has 2 aromatic carbocycles. The number of nitrogens with zero attached hydrogens (tertiary/aromatic N) is 1. The summed E-state index contributed by atoms with van der Waals surface area (Å²) in [4.78, 5) is 0. The Hall–Kier alpha value is -2.59. The first-order chi connectivity index (χ1) is 9.87. The van der Waals surface area contributed by atoms with Gasteiger partial charge in [0.2, 0.25) is 0 Å². The fourth-order valence-electron chi connectivity index (χ4n) is 2.10. The van der Waals surface area contributed by atoms with Crippen molar-refractivity contribution in [1.82, 2.24) is 0 Å². The largest absolute Gasteiger partial charge is 0.197 e. The van der Waals surface area contributed by atoms with Gasteiger partial charge in [-0.05, 0) is 12.0 Å². The molecule has 20 heavy (non-hydrogen) atoms. The van der Waals surface area contributed by atoms with Crippen LogP contribution in [-0.2, 0) is 5.41 Å². The minimum Gasteiger partial charge on any atom is -0.197 e. The zero-order valence-electron chi connectivity index (χ0n) is 11.3. The van der Waals surface area contributed by atoms with E-state index >= 15 is 0 Å². The van der Waals surface area contributed by atoms with Crippen molar-refractivity contribution in [2.75, 3.05) is 0 Å². The molecule has 2 aromatic rings. The molecule has 1 aliphatic carbocycles. The van der Waals surface area contributed by atoms with Crippen LogP contribution < -0.4 is 0 Å². The van der Waals surface area contributed by atoms with E-state index in [2.05, 4.69) is 6.07 Å². The van der Waals surface area contributed by atoms with Crippen LogP contribution in [0.5, 0.6) is 0 Å². The molecule has 1 atom stereocenters. The molecule has 3 rings (SSSR count). The Morgan fingerprint density at radius 3 is 1.80 bits per heavy atom. The second-order valence-corrected chi connectivity index (χ2v) is 4.60. The van der Waals surface area contributed by atoms with E-state index < -0.39 is 5.41 Å². The van der Waals surface area contributed by atoms with Crippen molar-refractivity contribution < 1.29 is 0 Å². The van der Waals surface area contributed by atoms with E-state index in [9.17, 15) is 5.26 Å². The van der Waals surface area contributed by atoms with E-state index in [1.54, 1.807) is 0 Å². The average molecular weight is 259 g/mol. The van der Waals surface area contributed by atoms with E-state index in [1.807, 2.05) is 91.0 Å². The lowest BCUT2D eigenvalue weighted by Gasteiger charge is -2.23. The minimum absolute atomic E-state index is 0.448. The molecule has 1 nitrogen and oxygen atoms in total. The van der Waals surface area contributed by atoms with E-state index in [0.717, 1.165) is 12.0 Å². The highest BCUT2D eigenvalue weighted by molar-refractivity contribution is 5.42. The standard InChI is InChI=1S/C13H11N.C6H6/c14-11-13(9-5-2-6-10-13)12-7-3-1-4-8-12;1-2-4-6-5-3-1/h1-9H,10H2;1-6H. The maximum atomic E-state index is 9.26. The second kappa shape index (κ2) is 7.11. The van der Waals surface area contributed by atoms with E-state index in [1.165, 1.54) is 0 Å². The van der Waals surface area contributed by atoms with Crippen molar-refractivity contribution in [3.8, 4) is 6.07 Å². The van der Waals surface area contributed by atoms with E-state index in [0.29, 0.717) is 0 Å². The van der Waals surface area contributed by atoms with Crippen LogP contribution in [-0.4, -0.2) is 0 Å². The quantitative estimate of drug-likeness (QED) is 0.731. The molecule has 1 unspecified atom stereocenters. The number of hydrogen-bond donors (Lipinski definition) is 0. The monoisotopic (exact) mass is 259 g/mol. The van der Waals surface area contributed by atoms with Crippen LogP contribution >= 0.6 is 0 Å². The van der Waals surface area contributed by atoms with Crippen molar-refractivity contribution in [3.05, 3.63) is 96.6 Å². The normalized spacial score (nSPS) is 19.6. The summed E-state index contributed by atoms with van der Waals surface area (Å²) in [6, 6.07) is 24.3. The summed E-state index contributed by atoms with van der Waals surface area (Å²) in [5, 5.41) is 9.26. The van der Waals surface area contributed by atoms with Gasteiger partial charge in [-0.15, -0.1) is 0 Å². The third-order valence-electron chi connectivity index (χ3n) is 3.22. The van der Waals surface area contributed by atoms with Gasteiger partial charge >= 0.3 is 0 Å². The van der Waals surface area contributed by atoms with Gasteiger partial charge in [0.1, 0.15) is 5.41 Å². The van der Waals surface area contributed by atoms with Gasteiger partial charge in [-0.25, -0.2) is 0 Å². The number of rotatable bonds is 1. The van der Waals surface area contributed by atoms with Gasteiger partial charge in [-0.2, -0.15) is 5.26 Å². The van der Waals surface area contributed by atoms with E-state index in [-0.39, 0.29) is 0 Å². The molecule has 0 saturated heterocycles. The maximum absolute atomic E-state index is 9.26. The minimum atomic E-state index is -0.448. The summed E-state index contributed by atoms with van der Waals surface area (Å²) in [5.41, 5.74) is 0.624. The third kappa shape index (κ3) is 3.46. The lowest BCUT2D eigenvalue weighted by molar-refractivity contribution is 0.691. The molecular formula is C19H17N. The zero-order valence-corrected chi connectivity index (χ0v) is 11.3. The number of allylic oxidation sites excluding steroid dienone is 4. The third-order valence-corrected chi connectivity index (χ3v) is 3.22. The first-order valence-electron chi connectivity index (χ1n) is 6.68. The molecular weight excluding hydrogens is 242 g/mol. The maximum Gasteiger partial charge on any atom is 0.104 e. The molecule has 0 fully saturated rings. The van der Waals surface area contributed by atoms with Crippen LogP contribution in [0.4, 0.5) is 0 Å². The van der Waals surface area contributed by atoms with Crippen LogP contribution in [0.15, 0.2) is 91.0 Å². The van der Waals surface area contributed by atoms with Gasteiger partial charge in [-0.3, -0.25) is 0 Å². The molecule has 1 aliphatic rings. The summed E-state index contributed by atoms with van der Waals surface area (Å²) in [5.74, 6) is 0. The highest BCUT2D eigenvalue weighted by Gasteiger charge is 2.28. The molecule has 0 heterocycles. The Labute approximate surface area is 120 Å². The second-order valence-electron chi connectivity index (χ2n) is 4.60. The molecule has 0 saturated carbocycles. The van der Waals surface area contributed by atoms with Crippen LogP contribution in [0.3, 0.4) is 0 Å². The molecule has 0 spiro atoms. The zero-order chi connectivity index (χ0) is 14.1. The van der Waals surface area contributed by atoms with Crippen molar-refractivity contribution in [2.24, 2.45) is 0 Å². The molecule has 0 N–H and O–H groups in total. The Balaban J connectivity index is 0.000000205. The molecule has 0 amide bonds. The van der Waals surface area contributed by atoms with Crippen molar-refractivity contribution in [1.29, 1.82) is 5.26 Å².